The van der Waals surface area contributed by atoms with Gasteiger partial charge in [-0.25, -0.2) is 4.79 Å². The van der Waals surface area contributed by atoms with Gasteiger partial charge in [0.15, 0.2) is 11.5 Å². The van der Waals surface area contributed by atoms with Gasteiger partial charge in [0.1, 0.15) is 23.7 Å². The fraction of sp³-hybridized carbons (Fsp3) is 0.120. The molecule has 3 aromatic carbocycles. The molecule has 0 bridgehead atoms. The van der Waals surface area contributed by atoms with Crippen LogP contribution in [0.15, 0.2) is 82.0 Å². The van der Waals surface area contributed by atoms with Crippen molar-refractivity contribution in [2.75, 3.05) is 6.61 Å². The van der Waals surface area contributed by atoms with Gasteiger partial charge in [-0.05, 0) is 36.8 Å². The van der Waals surface area contributed by atoms with Crippen molar-refractivity contribution in [3.8, 4) is 28.4 Å². The van der Waals surface area contributed by atoms with Crippen molar-refractivity contribution >= 4 is 16.9 Å². The third-order valence-corrected chi connectivity index (χ3v) is 5.09. The zero-order chi connectivity index (χ0) is 21.4. The van der Waals surface area contributed by atoms with Crippen LogP contribution in [0.25, 0.3) is 22.1 Å². The maximum atomic E-state index is 13.0. The van der Waals surface area contributed by atoms with E-state index in [0.29, 0.717) is 33.8 Å². The predicted octanol–water partition coefficient (Wildman–Crippen LogP) is 4.51. The highest BCUT2D eigenvalue weighted by molar-refractivity contribution is 5.85. The molecular weight excluding hydrogens is 396 g/mol. The molecule has 0 radical (unpaired) electrons. The van der Waals surface area contributed by atoms with Crippen LogP contribution in [0.3, 0.4) is 0 Å². The minimum Gasteiger partial charge on any atom is -0.485 e. The van der Waals surface area contributed by atoms with Crippen LogP contribution in [0.4, 0.5) is 0 Å². The minimum atomic E-state index is -0.889. The lowest BCUT2D eigenvalue weighted by Gasteiger charge is -2.24. The molecule has 5 rings (SSSR count). The maximum absolute atomic E-state index is 13.0. The van der Waals surface area contributed by atoms with E-state index >= 15 is 0 Å². The van der Waals surface area contributed by atoms with Crippen LogP contribution in [0, 0.1) is 6.92 Å². The van der Waals surface area contributed by atoms with Gasteiger partial charge in [0.2, 0.25) is 11.5 Å². The molecule has 31 heavy (non-hydrogen) atoms. The number of hydrogen-bond acceptors (Lipinski definition) is 6. The third-order valence-electron chi connectivity index (χ3n) is 5.09. The maximum Gasteiger partial charge on any atom is 0.356 e. The van der Waals surface area contributed by atoms with Crippen LogP contribution in [0.5, 0.6) is 17.2 Å². The fourth-order valence-corrected chi connectivity index (χ4v) is 3.61. The molecular formula is C25H18O6. The van der Waals surface area contributed by atoms with E-state index in [4.69, 9.17) is 18.6 Å². The molecule has 0 spiro atoms. The Balaban J connectivity index is 1.42. The number of benzene rings is 3. The minimum absolute atomic E-state index is 0.0536. The third kappa shape index (κ3) is 3.53. The van der Waals surface area contributed by atoms with Gasteiger partial charge in [0, 0.05) is 6.07 Å². The Kier molecular flexibility index (Phi) is 4.67. The van der Waals surface area contributed by atoms with Crippen LogP contribution in [0.2, 0.25) is 0 Å². The van der Waals surface area contributed by atoms with Crippen LogP contribution in [-0.4, -0.2) is 18.7 Å². The Morgan fingerprint density at radius 1 is 0.968 bits per heavy atom. The summed E-state index contributed by atoms with van der Waals surface area (Å²) in [5, 5.41) is 0.412. The topological polar surface area (TPSA) is 75.0 Å². The Morgan fingerprint density at radius 3 is 2.52 bits per heavy atom. The van der Waals surface area contributed by atoms with Gasteiger partial charge < -0.3 is 18.6 Å². The van der Waals surface area contributed by atoms with Crippen molar-refractivity contribution in [1.82, 2.24) is 0 Å². The first-order chi connectivity index (χ1) is 15.1. The number of rotatable bonds is 3. The predicted molar refractivity (Wildman–Crippen MR) is 115 cm³/mol. The lowest BCUT2D eigenvalue weighted by Crippen LogP contribution is -2.39. The van der Waals surface area contributed by atoms with Gasteiger partial charge in [0.25, 0.3) is 0 Å². The van der Waals surface area contributed by atoms with Crippen LogP contribution in [-0.2, 0) is 4.79 Å². The molecule has 6 nitrogen and oxygen atoms in total. The summed E-state index contributed by atoms with van der Waals surface area (Å²) in [4.78, 5) is 25.6. The van der Waals surface area contributed by atoms with Crippen molar-refractivity contribution in [3.05, 3.63) is 88.8 Å². The fourth-order valence-electron chi connectivity index (χ4n) is 3.61. The molecule has 1 aliphatic heterocycles. The van der Waals surface area contributed by atoms with E-state index in [1.165, 1.54) is 6.07 Å². The zero-order valence-corrected chi connectivity index (χ0v) is 16.7. The van der Waals surface area contributed by atoms with Gasteiger partial charge >= 0.3 is 5.97 Å². The first-order valence-electron chi connectivity index (χ1n) is 9.83. The largest absolute Gasteiger partial charge is 0.485 e. The molecule has 0 amide bonds. The summed E-state index contributed by atoms with van der Waals surface area (Å²) in [7, 11) is 0. The summed E-state index contributed by atoms with van der Waals surface area (Å²) in [6.45, 7) is 1.80. The van der Waals surface area contributed by atoms with Crippen molar-refractivity contribution in [1.29, 1.82) is 0 Å². The number of carbonyl (C=O) groups is 1. The van der Waals surface area contributed by atoms with Crippen molar-refractivity contribution in [3.63, 3.8) is 0 Å². The van der Waals surface area contributed by atoms with E-state index < -0.39 is 12.1 Å². The molecule has 0 N–H and O–H groups in total. The van der Waals surface area contributed by atoms with Gasteiger partial charge in [-0.3, -0.25) is 4.79 Å². The number of esters is 1. The van der Waals surface area contributed by atoms with Crippen LogP contribution >= 0.6 is 0 Å². The molecule has 0 saturated carbocycles. The second kappa shape index (κ2) is 7.65. The zero-order valence-electron chi connectivity index (χ0n) is 16.7. The summed E-state index contributed by atoms with van der Waals surface area (Å²) in [6, 6.07) is 21.2. The molecule has 0 fully saturated rings. The first-order valence-corrected chi connectivity index (χ1v) is 9.83. The first kappa shape index (κ1) is 18.9. The number of fused-ring (bicyclic) bond motifs is 2. The molecule has 2 heterocycles. The summed E-state index contributed by atoms with van der Waals surface area (Å²) < 4.78 is 22.6. The molecule has 6 heteroatoms. The molecule has 154 valence electrons. The van der Waals surface area contributed by atoms with E-state index in [-0.39, 0.29) is 17.8 Å². The molecule has 0 aliphatic carbocycles. The molecule has 1 atom stereocenters. The standard InChI is InChI=1S/C25H18O6/c1-15-23(16-7-3-2-4-8-16)24(26)18-12-11-17(13-21(18)29-15)30-25(27)22-14-28-19-9-5-6-10-20(19)31-22/h2-13,22H,14H2,1H3. The SMILES string of the molecule is Cc1oc2cc(OC(=O)C3COc4ccccc4O3)ccc2c(=O)c1-c1ccccc1. The smallest absolute Gasteiger partial charge is 0.356 e. The van der Waals surface area contributed by atoms with Crippen molar-refractivity contribution in [2.24, 2.45) is 0 Å². The molecule has 1 aliphatic rings. The quantitative estimate of drug-likeness (QED) is 0.363. The summed E-state index contributed by atoms with van der Waals surface area (Å²) in [5.74, 6) is 1.24. The van der Waals surface area contributed by atoms with Crippen LogP contribution in [0.1, 0.15) is 5.76 Å². The summed E-state index contributed by atoms with van der Waals surface area (Å²) >= 11 is 0. The number of para-hydroxylation sites is 2. The number of carbonyl (C=O) groups excluding carboxylic acids is 1. The van der Waals surface area contributed by atoms with Crippen molar-refractivity contribution < 1.29 is 23.4 Å². The second-order valence-corrected chi connectivity index (χ2v) is 7.17. The van der Waals surface area contributed by atoms with Gasteiger partial charge in [-0.15, -0.1) is 0 Å². The Hall–Kier alpha value is -4.06. The van der Waals surface area contributed by atoms with Gasteiger partial charge in [0.05, 0.1) is 10.9 Å². The van der Waals surface area contributed by atoms with Gasteiger partial charge in [-0.1, -0.05) is 42.5 Å². The molecule has 0 saturated heterocycles. The highest BCUT2D eigenvalue weighted by atomic mass is 16.6. The van der Waals surface area contributed by atoms with E-state index in [9.17, 15) is 9.59 Å². The lowest BCUT2D eigenvalue weighted by atomic mass is 10.0. The number of ether oxygens (including phenoxy) is 3. The summed E-state index contributed by atoms with van der Waals surface area (Å²) in [6.07, 6.45) is -0.889. The molecule has 1 aromatic heterocycles. The summed E-state index contributed by atoms with van der Waals surface area (Å²) in [5.41, 5.74) is 1.52. The van der Waals surface area contributed by atoms with Gasteiger partial charge in [-0.2, -0.15) is 0 Å². The van der Waals surface area contributed by atoms with E-state index in [1.807, 2.05) is 36.4 Å². The lowest BCUT2D eigenvalue weighted by molar-refractivity contribution is -0.144. The van der Waals surface area contributed by atoms with Crippen molar-refractivity contribution in [2.45, 2.75) is 13.0 Å². The number of hydrogen-bond donors (Lipinski definition) is 0. The van der Waals surface area contributed by atoms with Crippen LogP contribution < -0.4 is 19.6 Å². The normalized spacial score (nSPS) is 14.9. The molecule has 4 aromatic rings. The Bertz CT molecular complexity index is 1340. The highest BCUT2D eigenvalue weighted by Gasteiger charge is 2.29. The molecule has 1 unspecified atom stereocenters. The average Bonchev–Trinajstić information content (AvgIpc) is 2.79. The average molecular weight is 414 g/mol. The number of aryl methyl sites for hydroxylation is 1. The van der Waals surface area contributed by atoms with E-state index in [1.54, 1.807) is 37.3 Å². The Morgan fingerprint density at radius 2 is 1.71 bits per heavy atom. The monoisotopic (exact) mass is 414 g/mol. The van der Waals surface area contributed by atoms with E-state index in [0.717, 1.165) is 5.56 Å². The highest BCUT2D eigenvalue weighted by Crippen LogP contribution is 2.31. The van der Waals surface area contributed by atoms with E-state index in [2.05, 4.69) is 0 Å². The Labute approximate surface area is 177 Å². The second-order valence-electron chi connectivity index (χ2n) is 7.17.